The Morgan fingerprint density at radius 1 is 1.21 bits per heavy atom. The molecule has 0 bridgehead atoms. The average molecular weight is 272 g/mol. The Labute approximate surface area is 115 Å². The fourth-order valence-corrected chi connectivity index (χ4v) is 1.70. The molecule has 0 spiro atoms. The van der Waals surface area contributed by atoms with Crippen LogP contribution in [0.4, 0.5) is 0 Å². The first-order chi connectivity index (χ1) is 8.67. The summed E-state index contributed by atoms with van der Waals surface area (Å²) in [5, 5.41) is 11.8. The maximum atomic E-state index is 11.7. The van der Waals surface area contributed by atoms with Crippen molar-refractivity contribution in [3.63, 3.8) is 0 Å². The molecular formula is C14H28N2O3. The molecule has 1 atom stereocenters. The highest BCUT2D eigenvalue weighted by atomic mass is 16.4. The van der Waals surface area contributed by atoms with E-state index >= 15 is 0 Å². The summed E-state index contributed by atoms with van der Waals surface area (Å²) in [5.41, 5.74) is 4.68. The Balaban J connectivity index is 4.16. The number of carbonyl (C=O) groups excluding carboxylic acids is 1. The Kier molecular flexibility index (Phi) is 7.05. The van der Waals surface area contributed by atoms with Crippen LogP contribution in [0.25, 0.3) is 0 Å². The second-order valence-electron chi connectivity index (χ2n) is 6.20. The van der Waals surface area contributed by atoms with Gasteiger partial charge >= 0.3 is 5.97 Å². The molecule has 0 aliphatic rings. The van der Waals surface area contributed by atoms with Gasteiger partial charge in [0.15, 0.2) is 0 Å². The Morgan fingerprint density at radius 2 is 1.79 bits per heavy atom. The molecule has 0 aromatic heterocycles. The lowest BCUT2D eigenvalue weighted by molar-refractivity contribution is -0.148. The molecule has 0 saturated carbocycles. The van der Waals surface area contributed by atoms with Gasteiger partial charge in [0.2, 0.25) is 5.91 Å². The van der Waals surface area contributed by atoms with Crippen LogP contribution in [-0.4, -0.2) is 30.1 Å². The molecule has 112 valence electrons. The van der Waals surface area contributed by atoms with Crippen LogP contribution in [0.3, 0.4) is 0 Å². The molecule has 0 aromatic rings. The lowest BCUT2D eigenvalue weighted by Crippen LogP contribution is -2.40. The van der Waals surface area contributed by atoms with E-state index in [1.165, 1.54) is 0 Å². The molecule has 0 rings (SSSR count). The van der Waals surface area contributed by atoms with Crippen molar-refractivity contribution >= 4 is 11.9 Å². The van der Waals surface area contributed by atoms with Crippen molar-refractivity contribution in [3.8, 4) is 0 Å². The molecule has 19 heavy (non-hydrogen) atoms. The fraction of sp³-hybridized carbons (Fsp3) is 0.857. The number of hydrogen-bond acceptors (Lipinski definition) is 3. The molecule has 0 aromatic carbocycles. The van der Waals surface area contributed by atoms with Gasteiger partial charge in [-0.1, -0.05) is 20.8 Å². The molecule has 0 aliphatic heterocycles. The Hall–Kier alpha value is -1.10. The predicted octanol–water partition coefficient (Wildman–Crippen LogP) is 1.76. The van der Waals surface area contributed by atoms with Gasteiger partial charge in [0.1, 0.15) is 0 Å². The number of amides is 1. The third kappa shape index (κ3) is 6.57. The van der Waals surface area contributed by atoms with Crippen LogP contribution in [0, 0.1) is 10.8 Å². The van der Waals surface area contributed by atoms with Gasteiger partial charge in [-0.05, 0) is 38.1 Å². The zero-order valence-corrected chi connectivity index (χ0v) is 12.6. The van der Waals surface area contributed by atoms with Crippen molar-refractivity contribution in [2.24, 2.45) is 16.6 Å². The minimum absolute atomic E-state index is 0.0486. The van der Waals surface area contributed by atoms with Gasteiger partial charge in [0.25, 0.3) is 0 Å². The topological polar surface area (TPSA) is 92.4 Å². The van der Waals surface area contributed by atoms with E-state index < -0.39 is 11.4 Å². The first-order valence-corrected chi connectivity index (χ1v) is 6.87. The summed E-state index contributed by atoms with van der Waals surface area (Å²) in [4.78, 5) is 22.8. The van der Waals surface area contributed by atoms with E-state index in [0.29, 0.717) is 19.4 Å². The summed E-state index contributed by atoms with van der Waals surface area (Å²) in [7, 11) is 0. The van der Waals surface area contributed by atoms with Crippen LogP contribution in [0.2, 0.25) is 0 Å². The highest BCUT2D eigenvalue weighted by Crippen LogP contribution is 2.26. The van der Waals surface area contributed by atoms with E-state index in [1.807, 2.05) is 6.92 Å². The summed E-state index contributed by atoms with van der Waals surface area (Å²) >= 11 is 0. The molecule has 5 nitrogen and oxygen atoms in total. The van der Waals surface area contributed by atoms with Gasteiger partial charge in [0.05, 0.1) is 5.41 Å². The molecular weight excluding hydrogens is 244 g/mol. The maximum absolute atomic E-state index is 11.7. The van der Waals surface area contributed by atoms with E-state index in [-0.39, 0.29) is 17.9 Å². The normalized spacial score (nSPS) is 14.8. The summed E-state index contributed by atoms with van der Waals surface area (Å²) in [6.45, 7) is 8.41. The molecule has 0 heterocycles. The van der Waals surface area contributed by atoms with Crippen LogP contribution in [0.15, 0.2) is 0 Å². The van der Waals surface area contributed by atoms with Crippen molar-refractivity contribution in [2.75, 3.05) is 13.1 Å². The maximum Gasteiger partial charge on any atom is 0.311 e. The Morgan fingerprint density at radius 3 is 2.21 bits per heavy atom. The van der Waals surface area contributed by atoms with Gasteiger partial charge < -0.3 is 16.2 Å². The number of rotatable bonds is 9. The van der Waals surface area contributed by atoms with Crippen LogP contribution in [-0.2, 0) is 9.59 Å². The lowest BCUT2D eigenvalue weighted by Gasteiger charge is -2.25. The van der Waals surface area contributed by atoms with Crippen LogP contribution in [0.1, 0.15) is 53.4 Å². The monoisotopic (exact) mass is 272 g/mol. The highest BCUT2D eigenvalue weighted by molar-refractivity contribution is 5.78. The quantitative estimate of drug-likeness (QED) is 0.596. The van der Waals surface area contributed by atoms with Crippen molar-refractivity contribution in [1.29, 1.82) is 0 Å². The number of carboxylic acid groups (broad SMARTS) is 1. The molecule has 4 N–H and O–H groups in total. The lowest BCUT2D eigenvalue weighted by atomic mass is 9.84. The van der Waals surface area contributed by atoms with Gasteiger partial charge in [-0.15, -0.1) is 0 Å². The van der Waals surface area contributed by atoms with Crippen molar-refractivity contribution in [2.45, 2.75) is 53.4 Å². The average Bonchev–Trinajstić information content (AvgIpc) is 2.33. The molecule has 5 heteroatoms. The number of carboxylic acids is 1. The van der Waals surface area contributed by atoms with E-state index in [4.69, 9.17) is 10.8 Å². The first kappa shape index (κ1) is 17.9. The molecule has 0 saturated heterocycles. The number of carbonyl (C=O) groups is 2. The number of nitrogens with one attached hydrogen (secondary N) is 1. The molecule has 1 amide bonds. The summed E-state index contributed by atoms with van der Waals surface area (Å²) in [6, 6.07) is 0. The molecule has 0 aliphatic carbocycles. The Bertz CT molecular complexity index is 316. The third-order valence-corrected chi connectivity index (χ3v) is 3.82. The first-order valence-electron chi connectivity index (χ1n) is 6.87. The largest absolute Gasteiger partial charge is 0.481 e. The van der Waals surface area contributed by atoms with Crippen LogP contribution < -0.4 is 11.1 Å². The minimum Gasteiger partial charge on any atom is -0.481 e. The van der Waals surface area contributed by atoms with Crippen LogP contribution in [0.5, 0.6) is 0 Å². The smallest absolute Gasteiger partial charge is 0.311 e. The minimum atomic E-state index is -0.886. The van der Waals surface area contributed by atoms with Crippen molar-refractivity contribution in [1.82, 2.24) is 5.32 Å². The summed E-state index contributed by atoms with van der Waals surface area (Å²) in [5.74, 6) is -0.968. The number of nitrogens with two attached hydrogens (primary N) is 1. The second kappa shape index (κ2) is 7.48. The van der Waals surface area contributed by atoms with Gasteiger partial charge in [-0.2, -0.15) is 0 Å². The number of aliphatic carboxylic acids is 1. The fourth-order valence-electron chi connectivity index (χ4n) is 1.70. The summed E-state index contributed by atoms with van der Waals surface area (Å²) < 4.78 is 0. The van der Waals surface area contributed by atoms with Crippen molar-refractivity contribution in [3.05, 3.63) is 0 Å². The van der Waals surface area contributed by atoms with Crippen molar-refractivity contribution < 1.29 is 14.7 Å². The van der Waals surface area contributed by atoms with E-state index in [2.05, 4.69) is 19.2 Å². The zero-order valence-electron chi connectivity index (χ0n) is 12.6. The van der Waals surface area contributed by atoms with Gasteiger partial charge in [0, 0.05) is 13.0 Å². The van der Waals surface area contributed by atoms with E-state index in [0.717, 1.165) is 12.8 Å². The number of hydrogen-bond donors (Lipinski definition) is 3. The van der Waals surface area contributed by atoms with Gasteiger partial charge in [-0.3, -0.25) is 9.59 Å². The van der Waals surface area contributed by atoms with Gasteiger partial charge in [-0.25, -0.2) is 0 Å². The summed E-state index contributed by atoms with van der Waals surface area (Å²) in [6.07, 6.45) is 2.53. The molecule has 0 fully saturated rings. The predicted molar refractivity (Wildman–Crippen MR) is 75.7 cm³/mol. The highest BCUT2D eigenvalue weighted by Gasteiger charge is 2.31. The van der Waals surface area contributed by atoms with Crippen LogP contribution >= 0.6 is 0 Å². The standard InChI is InChI=1S/C14H28N2O3/c1-5-14(4,12(18)19)10-16-11(17)6-7-13(2,3)8-9-15/h5-10,15H2,1-4H3,(H,16,17)(H,18,19). The van der Waals surface area contributed by atoms with E-state index in [1.54, 1.807) is 6.92 Å². The molecule has 1 unspecified atom stereocenters. The zero-order chi connectivity index (χ0) is 15.1. The molecule has 0 radical (unpaired) electrons. The second-order valence-corrected chi connectivity index (χ2v) is 6.20. The third-order valence-electron chi connectivity index (χ3n) is 3.82. The van der Waals surface area contributed by atoms with E-state index in [9.17, 15) is 9.59 Å². The SMILES string of the molecule is CCC(C)(CNC(=O)CCC(C)(C)CCN)C(=O)O.